The Hall–Kier alpha value is -1.57. The van der Waals surface area contributed by atoms with Crippen molar-refractivity contribution < 1.29 is 4.79 Å². The standard InChI is InChI=1S/C15H19NO/c1-3-4-7-12-8-5-6-9-14(12)16-15(17)13-10-11(13)2/h3,5-6,8-9,11,13H,1,4,7,10H2,2H3,(H,16,17)/t11-,13-/m0/s1. The first-order valence-corrected chi connectivity index (χ1v) is 6.22. The van der Waals surface area contributed by atoms with Gasteiger partial charge in [-0.1, -0.05) is 31.2 Å². The molecule has 0 aliphatic heterocycles. The lowest BCUT2D eigenvalue weighted by Gasteiger charge is -2.10. The monoisotopic (exact) mass is 229 g/mol. The van der Waals surface area contributed by atoms with Crippen LogP contribution in [0, 0.1) is 11.8 Å². The van der Waals surface area contributed by atoms with Crippen molar-refractivity contribution in [3.8, 4) is 0 Å². The van der Waals surface area contributed by atoms with Gasteiger partial charge in [-0.2, -0.15) is 0 Å². The molecule has 1 saturated carbocycles. The van der Waals surface area contributed by atoms with Gasteiger partial charge in [-0.05, 0) is 36.8 Å². The summed E-state index contributed by atoms with van der Waals surface area (Å²) in [6.07, 6.45) is 4.80. The average Bonchev–Trinajstić information content (AvgIpc) is 3.05. The first kappa shape index (κ1) is 11.9. The molecule has 0 radical (unpaired) electrons. The number of hydrogen-bond donors (Lipinski definition) is 1. The Bertz CT molecular complexity index is 425. The van der Waals surface area contributed by atoms with E-state index in [2.05, 4.69) is 24.9 Å². The van der Waals surface area contributed by atoms with E-state index in [0.717, 1.165) is 24.9 Å². The van der Waals surface area contributed by atoms with E-state index in [1.54, 1.807) is 0 Å². The number of carbonyl (C=O) groups is 1. The van der Waals surface area contributed by atoms with Crippen molar-refractivity contribution >= 4 is 11.6 Å². The lowest BCUT2D eigenvalue weighted by molar-refractivity contribution is -0.117. The molecule has 1 aliphatic carbocycles. The number of anilines is 1. The molecule has 0 saturated heterocycles. The van der Waals surface area contributed by atoms with Crippen LogP contribution in [-0.2, 0) is 11.2 Å². The van der Waals surface area contributed by atoms with Crippen LogP contribution in [0.3, 0.4) is 0 Å². The summed E-state index contributed by atoms with van der Waals surface area (Å²) in [5.41, 5.74) is 2.15. The second-order valence-corrected chi connectivity index (χ2v) is 4.79. The molecule has 1 aromatic rings. The van der Waals surface area contributed by atoms with Gasteiger partial charge in [-0.15, -0.1) is 6.58 Å². The van der Waals surface area contributed by atoms with E-state index in [1.165, 1.54) is 5.56 Å². The molecule has 0 aromatic heterocycles. The third kappa shape index (κ3) is 2.96. The minimum Gasteiger partial charge on any atom is -0.326 e. The highest BCUT2D eigenvalue weighted by Gasteiger charge is 2.39. The van der Waals surface area contributed by atoms with Crippen molar-refractivity contribution in [3.05, 3.63) is 42.5 Å². The van der Waals surface area contributed by atoms with Crippen LogP contribution in [0.5, 0.6) is 0 Å². The summed E-state index contributed by atoms with van der Waals surface area (Å²) in [5, 5.41) is 3.04. The molecule has 0 spiro atoms. The number of hydrogen-bond acceptors (Lipinski definition) is 1. The van der Waals surface area contributed by atoms with E-state index in [1.807, 2.05) is 24.3 Å². The Morgan fingerprint density at radius 2 is 2.24 bits per heavy atom. The van der Waals surface area contributed by atoms with Gasteiger partial charge in [-0.3, -0.25) is 4.79 Å². The van der Waals surface area contributed by atoms with Gasteiger partial charge in [0.15, 0.2) is 0 Å². The molecule has 90 valence electrons. The van der Waals surface area contributed by atoms with Crippen LogP contribution >= 0.6 is 0 Å². The second-order valence-electron chi connectivity index (χ2n) is 4.79. The van der Waals surface area contributed by atoms with E-state index in [0.29, 0.717) is 5.92 Å². The van der Waals surface area contributed by atoms with Gasteiger partial charge < -0.3 is 5.32 Å². The van der Waals surface area contributed by atoms with Gasteiger partial charge in [0.2, 0.25) is 5.91 Å². The molecular formula is C15H19NO. The maximum absolute atomic E-state index is 11.9. The molecule has 2 heteroatoms. The van der Waals surface area contributed by atoms with Crippen LogP contribution in [-0.4, -0.2) is 5.91 Å². The van der Waals surface area contributed by atoms with E-state index < -0.39 is 0 Å². The molecule has 0 unspecified atom stereocenters. The lowest BCUT2D eigenvalue weighted by Crippen LogP contribution is -2.15. The molecule has 0 heterocycles. The first-order chi connectivity index (χ1) is 8.22. The smallest absolute Gasteiger partial charge is 0.227 e. The molecule has 2 rings (SSSR count). The molecular weight excluding hydrogens is 210 g/mol. The Morgan fingerprint density at radius 3 is 2.88 bits per heavy atom. The number of nitrogens with one attached hydrogen (secondary N) is 1. The maximum Gasteiger partial charge on any atom is 0.227 e. The second kappa shape index (κ2) is 5.17. The molecule has 1 aliphatic rings. The van der Waals surface area contributed by atoms with Crippen molar-refractivity contribution in [1.29, 1.82) is 0 Å². The van der Waals surface area contributed by atoms with Crippen molar-refractivity contribution in [3.63, 3.8) is 0 Å². The maximum atomic E-state index is 11.9. The highest BCUT2D eigenvalue weighted by atomic mass is 16.2. The van der Waals surface area contributed by atoms with Crippen LogP contribution in [0.2, 0.25) is 0 Å². The Kier molecular flexibility index (Phi) is 3.62. The SMILES string of the molecule is C=CCCc1ccccc1NC(=O)[C@H]1C[C@@H]1C. The van der Waals surface area contributed by atoms with Crippen molar-refractivity contribution in [2.45, 2.75) is 26.2 Å². The van der Waals surface area contributed by atoms with Gasteiger partial charge in [0, 0.05) is 11.6 Å². The first-order valence-electron chi connectivity index (χ1n) is 6.22. The largest absolute Gasteiger partial charge is 0.326 e. The quantitative estimate of drug-likeness (QED) is 0.770. The van der Waals surface area contributed by atoms with Gasteiger partial charge in [0.1, 0.15) is 0 Å². The highest BCUT2D eigenvalue weighted by Crippen LogP contribution is 2.38. The number of amides is 1. The van der Waals surface area contributed by atoms with Gasteiger partial charge in [0.25, 0.3) is 0 Å². The fraction of sp³-hybridized carbons (Fsp3) is 0.400. The zero-order valence-electron chi connectivity index (χ0n) is 10.3. The summed E-state index contributed by atoms with van der Waals surface area (Å²) in [7, 11) is 0. The number of para-hydroxylation sites is 1. The highest BCUT2D eigenvalue weighted by molar-refractivity contribution is 5.95. The fourth-order valence-corrected chi connectivity index (χ4v) is 2.03. The summed E-state index contributed by atoms with van der Waals surface area (Å²) in [6, 6.07) is 8.01. The van der Waals surface area contributed by atoms with Crippen LogP contribution in [0.1, 0.15) is 25.3 Å². The minimum atomic E-state index is 0.170. The predicted molar refractivity (Wildman–Crippen MR) is 70.9 cm³/mol. The van der Waals surface area contributed by atoms with E-state index in [9.17, 15) is 4.79 Å². The Balaban J connectivity index is 2.03. The van der Waals surface area contributed by atoms with E-state index in [-0.39, 0.29) is 11.8 Å². The molecule has 0 bridgehead atoms. The number of benzene rings is 1. The van der Waals surface area contributed by atoms with Crippen LogP contribution in [0.4, 0.5) is 5.69 Å². The number of carbonyl (C=O) groups excluding carboxylic acids is 1. The summed E-state index contributed by atoms with van der Waals surface area (Å²) in [4.78, 5) is 11.9. The Morgan fingerprint density at radius 1 is 1.53 bits per heavy atom. The zero-order chi connectivity index (χ0) is 12.3. The number of allylic oxidation sites excluding steroid dienone is 1. The van der Waals surface area contributed by atoms with Gasteiger partial charge in [0.05, 0.1) is 0 Å². The number of aryl methyl sites for hydroxylation is 1. The topological polar surface area (TPSA) is 29.1 Å². The normalized spacial score (nSPS) is 21.9. The van der Waals surface area contributed by atoms with Crippen LogP contribution < -0.4 is 5.32 Å². The van der Waals surface area contributed by atoms with Crippen molar-refractivity contribution in [2.75, 3.05) is 5.32 Å². The summed E-state index contributed by atoms with van der Waals surface area (Å²) >= 11 is 0. The molecule has 2 atom stereocenters. The molecule has 1 aromatic carbocycles. The average molecular weight is 229 g/mol. The summed E-state index contributed by atoms with van der Waals surface area (Å²) in [6.45, 7) is 5.85. The van der Waals surface area contributed by atoms with E-state index >= 15 is 0 Å². The summed E-state index contributed by atoms with van der Waals surface area (Å²) < 4.78 is 0. The van der Waals surface area contributed by atoms with Crippen LogP contribution in [0.25, 0.3) is 0 Å². The van der Waals surface area contributed by atoms with Gasteiger partial charge >= 0.3 is 0 Å². The van der Waals surface area contributed by atoms with Crippen molar-refractivity contribution in [2.24, 2.45) is 11.8 Å². The predicted octanol–water partition coefficient (Wildman–Crippen LogP) is 3.40. The molecule has 2 nitrogen and oxygen atoms in total. The van der Waals surface area contributed by atoms with E-state index in [4.69, 9.17) is 0 Å². The zero-order valence-corrected chi connectivity index (χ0v) is 10.3. The van der Waals surface area contributed by atoms with Gasteiger partial charge in [-0.25, -0.2) is 0 Å². The Labute approximate surface area is 103 Å². The third-order valence-corrected chi connectivity index (χ3v) is 3.34. The molecule has 1 N–H and O–H groups in total. The number of rotatable bonds is 5. The molecule has 1 fully saturated rings. The molecule has 1 amide bonds. The fourth-order valence-electron chi connectivity index (χ4n) is 2.03. The lowest BCUT2D eigenvalue weighted by atomic mass is 10.1. The van der Waals surface area contributed by atoms with Crippen LogP contribution in [0.15, 0.2) is 36.9 Å². The minimum absolute atomic E-state index is 0.170. The molecule has 17 heavy (non-hydrogen) atoms. The van der Waals surface area contributed by atoms with Crippen molar-refractivity contribution in [1.82, 2.24) is 0 Å². The summed E-state index contributed by atoms with van der Waals surface area (Å²) in [5.74, 6) is 0.946. The third-order valence-electron chi connectivity index (χ3n) is 3.34.